The lowest BCUT2D eigenvalue weighted by Gasteiger charge is -2.38. The number of benzene rings is 1. The fraction of sp³-hybridized carbons (Fsp3) is 0.692. The van der Waals surface area contributed by atoms with Crippen LogP contribution in [0.3, 0.4) is 0 Å². The van der Waals surface area contributed by atoms with E-state index in [2.05, 4.69) is 21.6 Å². The van der Waals surface area contributed by atoms with Crippen molar-refractivity contribution in [3.05, 3.63) is 29.6 Å². The number of nitrogens with zero attached hydrogens (tertiary/aromatic N) is 4. The molecule has 7 nitrogen and oxygen atoms in total. The number of halogens is 1. The summed E-state index contributed by atoms with van der Waals surface area (Å²) < 4.78 is 19.0. The summed E-state index contributed by atoms with van der Waals surface area (Å²) >= 11 is 0. The van der Waals surface area contributed by atoms with Crippen molar-refractivity contribution in [2.75, 3.05) is 66.0 Å². The van der Waals surface area contributed by atoms with Gasteiger partial charge in [0.15, 0.2) is 0 Å². The Morgan fingerprint density at radius 1 is 0.971 bits per heavy atom. The standard InChI is InChI=1S/C26H39FN4O3/c1-20-4-3-9-31(17-20)26(33)21-7-10-30(11-8-21)25(32)19-29-14-12-28(13-15-29)18-22-16-23(27)5-6-24(22)34-2/h5-6,16,20-21H,3-4,7-15,17-19H2,1-2H3. The molecule has 1 aromatic rings. The molecule has 1 aromatic carbocycles. The van der Waals surface area contributed by atoms with Crippen LogP contribution in [0.4, 0.5) is 4.39 Å². The Morgan fingerprint density at radius 2 is 1.68 bits per heavy atom. The second kappa shape index (κ2) is 11.5. The molecule has 1 unspecified atom stereocenters. The molecular weight excluding hydrogens is 435 g/mol. The van der Waals surface area contributed by atoms with Crippen LogP contribution >= 0.6 is 0 Å². The van der Waals surface area contributed by atoms with Gasteiger partial charge in [0, 0.05) is 70.4 Å². The van der Waals surface area contributed by atoms with E-state index in [-0.39, 0.29) is 17.6 Å². The van der Waals surface area contributed by atoms with Crippen molar-refractivity contribution in [1.29, 1.82) is 0 Å². The first-order chi connectivity index (χ1) is 16.4. The van der Waals surface area contributed by atoms with E-state index < -0.39 is 0 Å². The minimum Gasteiger partial charge on any atom is -0.496 e. The molecule has 4 rings (SSSR count). The fourth-order valence-corrected chi connectivity index (χ4v) is 5.53. The third-order valence-corrected chi connectivity index (χ3v) is 7.63. The van der Waals surface area contributed by atoms with Gasteiger partial charge in [-0.1, -0.05) is 6.92 Å². The van der Waals surface area contributed by atoms with Crippen LogP contribution in [0.2, 0.25) is 0 Å². The molecule has 34 heavy (non-hydrogen) atoms. The van der Waals surface area contributed by atoms with Gasteiger partial charge in [0.1, 0.15) is 11.6 Å². The summed E-state index contributed by atoms with van der Waals surface area (Å²) in [5.41, 5.74) is 0.850. The van der Waals surface area contributed by atoms with E-state index in [1.807, 2.05) is 4.90 Å². The Balaban J connectivity index is 1.18. The Morgan fingerprint density at radius 3 is 2.35 bits per heavy atom. The van der Waals surface area contributed by atoms with Crippen molar-refractivity contribution in [3.8, 4) is 5.75 Å². The van der Waals surface area contributed by atoms with Crippen molar-refractivity contribution < 1.29 is 18.7 Å². The molecule has 3 aliphatic rings. The normalized spacial score (nSPS) is 23.2. The Bertz CT molecular complexity index is 850. The number of ether oxygens (including phenoxy) is 1. The van der Waals surface area contributed by atoms with Gasteiger partial charge in [0.05, 0.1) is 13.7 Å². The van der Waals surface area contributed by atoms with Crippen molar-refractivity contribution in [3.63, 3.8) is 0 Å². The summed E-state index contributed by atoms with van der Waals surface area (Å²) in [6.45, 7) is 9.71. The first-order valence-corrected chi connectivity index (χ1v) is 12.8. The van der Waals surface area contributed by atoms with Crippen LogP contribution in [-0.2, 0) is 16.1 Å². The Kier molecular flexibility index (Phi) is 8.42. The maximum absolute atomic E-state index is 13.7. The molecule has 188 valence electrons. The Labute approximate surface area is 202 Å². The summed E-state index contributed by atoms with van der Waals surface area (Å²) in [4.78, 5) is 34.3. The van der Waals surface area contributed by atoms with Crippen molar-refractivity contribution in [2.45, 2.75) is 39.2 Å². The minimum absolute atomic E-state index is 0.0673. The number of hydrogen-bond acceptors (Lipinski definition) is 5. The molecule has 0 aromatic heterocycles. The summed E-state index contributed by atoms with van der Waals surface area (Å²) in [7, 11) is 1.60. The van der Waals surface area contributed by atoms with Gasteiger partial charge >= 0.3 is 0 Å². The lowest BCUT2D eigenvalue weighted by molar-refractivity contribution is -0.142. The number of piperazine rings is 1. The summed E-state index contributed by atoms with van der Waals surface area (Å²) in [5, 5.41) is 0. The molecule has 0 radical (unpaired) electrons. The molecule has 3 saturated heterocycles. The lowest BCUT2D eigenvalue weighted by Crippen LogP contribution is -2.51. The average molecular weight is 475 g/mol. The molecule has 1 atom stereocenters. The molecule has 0 N–H and O–H groups in total. The maximum Gasteiger partial charge on any atom is 0.236 e. The molecule has 3 heterocycles. The van der Waals surface area contributed by atoms with Crippen LogP contribution in [-0.4, -0.2) is 97.4 Å². The molecule has 3 fully saturated rings. The van der Waals surface area contributed by atoms with Crippen LogP contribution in [0.5, 0.6) is 5.75 Å². The fourth-order valence-electron chi connectivity index (χ4n) is 5.53. The number of carbonyl (C=O) groups excluding carboxylic acids is 2. The number of carbonyl (C=O) groups is 2. The zero-order chi connectivity index (χ0) is 24.1. The second-order valence-corrected chi connectivity index (χ2v) is 10.2. The predicted molar refractivity (Wildman–Crippen MR) is 129 cm³/mol. The zero-order valence-electron chi connectivity index (χ0n) is 20.7. The van der Waals surface area contributed by atoms with Gasteiger partial charge < -0.3 is 14.5 Å². The maximum atomic E-state index is 13.7. The van der Waals surface area contributed by atoms with Gasteiger partial charge in [-0.15, -0.1) is 0 Å². The minimum atomic E-state index is -0.254. The van der Waals surface area contributed by atoms with Gasteiger partial charge in [-0.3, -0.25) is 19.4 Å². The third-order valence-electron chi connectivity index (χ3n) is 7.63. The smallest absolute Gasteiger partial charge is 0.236 e. The number of hydrogen-bond donors (Lipinski definition) is 0. The molecule has 0 bridgehead atoms. The summed E-state index contributed by atoms with van der Waals surface area (Å²) in [5.74, 6) is 1.57. The highest BCUT2D eigenvalue weighted by Crippen LogP contribution is 2.24. The molecule has 0 aliphatic carbocycles. The van der Waals surface area contributed by atoms with Gasteiger partial charge in [-0.2, -0.15) is 0 Å². The lowest BCUT2D eigenvalue weighted by atomic mass is 9.92. The zero-order valence-corrected chi connectivity index (χ0v) is 20.7. The summed E-state index contributed by atoms with van der Waals surface area (Å²) in [6, 6.07) is 4.62. The number of rotatable bonds is 6. The average Bonchev–Trinajstić information content (AvgIpc) is 2.85. The molecule has 8 heteroatoms. The number of methoxy groups -OCH3 is 1. The number of likely N-dealkylation sites (tertiary alicyclic amines) is 2. The van der Waals surface area contributed by atoms with Gasteiger partial charge in [0.2, 0.25) is 11.8 Å². The first-order valence-electron chi connectivity index (χ1n) is 12.8. The Hall–Kier alpha value is -2.19. The predicted octanol–water partition coefficient (Wildman–Crippen LogP) is 2.45. The van der Waals surface area contributed by atoms with E-state index in [9.17, 15) is 14.0 Å². The van der Waals surface area contributed by atoms with Gasteiger partial charge in [-0.05, 0) is 49.8 Å². The van der Waals surface area contributed by atoms with E-state index in [0.717, 1.165) is 64.1 Å². The van der Waals surface area contributed by atoms with Crippen LogP contribution in [0.15, 0.2) is 18.2 Å². The molecule has 3 aliphatic heterocycles. The third kappa shape index (κ3) is 6.27. The van der Waals surface area contributed by atoms with Crippen LogP contribution < -0.4 is 4.74 Å². The van der Waals surface area contributed by atoms with Crippen LogP contribution in [0.1, 0.15) is 38.2 Å². The van der Waals surface area contributed by atoms with Crippen molar-refractivity contribution >= 4 is 11.8 Å². The van der Waals surface area contributed by atoms with Crippen molar-refractivity contribution in [2.24, 2.45) is 11.8 Å². The van der Waals surface area contributed by atoms with Gasteiger partial charge in [0.25, 0.3) is 0 Å². The molecule has 2 amide bonds. The van der Waals surface area contributed by atoms with Gasteiger partial charge in [-0.25, -0.2) is 4.39 Å². The molecular formula is C26H39FN4O3. The topological polar surface area (TPSA) is 56.3 Å². The van der Waals surface area contributed by atoms with E-state index >= 15 is 0 Å². The SMILES string of the molecule is COc1ccc(F)cc1CN1CCN(CC(=O)N2CCC(C(=O)N3CCCC(C)C3)CC2)CC1. The van der Waals surface area contributed by atoms with Crippen molar-refractivity contribution in [1.82, 2.24) is 19.6 Å². The highest BCUT2D eigenvalue weighted by molar-refractivity contribution is 5.81. The quantitative estimate of drug-likeness (QED) is 0.634. The second-order valence-electron chi connectivity index (χ2n) is 10.2. The van der Waals surface area contributed by atoms with E-state index in [0.29, 0.717) is 43.8 Å². The van der Waals surface area contributed by atoms with E-state index in [1.165, 1.54) is 18.6 Å². The van der Waals surface area contributed by atoms with Crippen LogP contribution in [0, 0.1) is 17.7 Å². The van der Waals surface area contributed by atoms with E-state index in [1.54, 1.807) is 13.2 Å². The first kappa shape index (κ1) is 24.9. The summed E-state index contributed by atoms with van der Waals surface area (Å²) in [6.07, 6.45) is 3.87. The largest absolute Gasteiger partial charge is 0.496 e. The van der Waals surface area contributed by atoms with E-state index in [4.69, 9.17) is 4.74 Å². The molecule has 0 spiro atoms. The highest BCUT2D eigenvalue weighted by atomic mass is 19.1. The number of piperidine rings is 2. The molecule has 0 saturated carbocycles. The number of amides is 2. The monoisotopic (exact) mass is 474 g/mol. The highest BCUT2D eigenvalue weighted by Gasteiger charge is 2.32. The van der Waals surface area contributed by atoms with Crippen LogP contribution in [0.25, 0.3) is 0 Å².